The van der Waals surface area contributed by atoms with Gasteiger partial charge in [-0.25, -0.2) is 8.42 Å². The van der Waals surface area contributed by atoms with Gasteiger partial charge >= 0.3 is 0 Å². The van der Waals surface area contributed by atoms with Crippen molar-refractivity contribution < 1.29 is 13.2 Å². The second kappa shape index (κ2) is 5.70. The molecule has 0 spiro atoms. The van der Waals surface area contributed by atoms with Gasteiger partial charge in [0, 0.05) is 12.7 Å². The van der Waals surface area contributed by atoms with Gasteiger partial charge in [-0.05, 0) is 30.5 Å². The van der Waals surface area contributed by atoms with Crippen molar-refractivity contribution >= 4 is 55.7 Å². The van der Waals surface area contributed by atoms with Crippen LogP contribution in [-0.4, -0.2) is 31.5 Å². The van der Waals surface area contributed by atoms with Crippen LogP contribution in [0.2, 0.25) is 0 Å². The van der Waals surface area contributed by atoms with Crippen molar-refractivity contribution in [3.63, 3.8) is 0 Å². The van der Waals surface area contributed by atoms with E-state index >= 15 is 0 Å². The minimum Gasteiger partial charge on any atom is -0.348 e. The summed E-state index contributed by atoms with van der Waals surface area (Å²) in [6.45, 7) is 1.95. The standard InChI is InChI=1S/C15H14N2O3S3/c1-9-3-5-10(6-4-9)16-15(21)14-12(18)13-11(7-8-22-13)17(2)23(14,19)20/h3-8,14H,1-2H3,(H,16,21)/t14-/m0/s1. The number of fused-ring (bicyclic) bond motifs is 1. The van der Waals surface area contributed by atoms with Crippen molar-refractivity contribution in [3.05, 3.63) is 46.2 Å². The first-order valence-corrected chi connectivity index (χ1v) is 9.58. The monoisotopic (exact) mass is 366 g/mol. The maximum atomic E-state index is 12.7. The third kappa shape index (κ3) is 2.66. The number of ketones is 1. The summed E-state index contributed by atoms with van der Waals surface area (Å²) in [5.41, 5.74) is 2.14. The average Bonchev–Trinajstić information content (AvgIpc) is 2.97. The predicted octanol–water partition coefficient (Wildman–Crippen LogP) is 2.83. The predicted molar refractivity (Wildman–Crippen MR) is 97.2 cm³/mol. The Morgan fingerprint density at radius 2 is 1.91 bits per heavy atom. The molecular weight excluding hydrogens is 352 g/mol. The summed E-state index contributed by atoms with van der Waals surface area (Å²) >= 11 is 6.46. The number of anilines is 2. The van der Waals surface area contributed by atoms with Gasteiger partial charge < -0.3 is 5.32 Å². The van der Waals surface area contributed by atoms with E-state index in [1.54, 1.807) is 23.6 Å². The minimum absolute atomic E-state index is 0.00949. The van der Waals surface area contributed by atoms with Crippen LogP contribution >= 0.6 is 23.6 Å². The number of benzene rings is 1. The molecule has 23 heavy (non-hydrogen) atoms. The molecule has 1 aliphatic heterocycles. The molecule has 1 aromatic heterocycles. The molecule has 0 aliphatic carbocycles. The maximum Gasteiger partial charge on any atom is 0.252 e. The van der Waals surface area contributed by atoms with Crippen molar-refractivity contribution in [3.8, 4) is 0 Å². The second-order valence-electron chi connectivity index (χ2n) is 5.25. The van der Waals surface area contributed by atoms with Crippen LogP contribution in [-0.2, 0) is 10.0 Å². The van der Waals surface area contributed by atoms with Crippen LogP contribution in [0, 0.1) is 6.92 Å². The third-order valence-electron chi connectivity index (χ3n) is 3.68. The molecule has 8 heteroatoms. The Hall–Kier alpha value is -1.77. The van der Waals surface area contributed by atoms with Crippen molar-refractivity contribution in [1.29, 1.82) is 0 Å². The third-order valence-corrected chi connectivity index (χ3v) is 7.09. The Morgan fingerprint density at radius 1 is 1.26 bits per heavy atom. The normalized spacial score (nSPS) is 19.3. The quantitative estimate of drug-likeness (QED) is 0.828. The number of Topliss-reactive ketones (excluding diaryl/α,β-unsaturated/α-hetero) is 1. The summed E-state index contributed by atoms with van der Waals surface area (Å²) in [6.07, 6.45) is 0. The van der Waals surface area contributed by atoms with E-state index in [1.807, 2.05) is 19.1 Å². The van der Waals surface area contributed by atoms with Crippen LogP contribution < -0.4 is 9.62 Å². The van der Waals surface area contributed by atoms with Crippen molar-refractivity contribution in [2.75, 3.05) is 16.7 Å². The van der Waals surface area contributed by atoms with E-state index in [0.717, 1.165) is 9.87 Å². The number of hydrogen-bond donors (Lipinski definition) is 1. The molecule has 1 atom stereocenters. The Bertz CT molecular complexity index is 885. The zero-order chi connectivity index (χ0) is 16.8. The van der Waals surface area contributed by atoms with Gasteiger partial charge in [0.15, 0.2) is 5.25 Å². The van der Waals surface area contributed by atoms with E-state index in [1.165, 1.54) is 18.4 Å². The Kier molecular flexibility index (Phi) is 3.99. The number of nitrogens with one attached hydrogen (secondary N) is 1. The van der Waals surface area contributed by atoms with Crippen molar-refractivity contribution in [2.24, 2.45) is 0 Å². The molecule has 5 nitrogen and oxygen atoms in total. The first kappa shape index (κ1) is 16.1. The van der Waals surface area contributed by atoms with E-state index in [0.29, 0.717) is 16.3 Å². The summed E-state index contributed by atoms with van der Waals surface area (Å²) in [5.74, 6) is -0.474. The number of carbonyl (C=O) groups excluding carboxylic acids is 1. The molecular formula is C15H14N2O3S3. The van der Waals surface area contributed by atoms with E-state index in [4.69, 9.17) is 12.2 Å². The highest BCUT2D eigenvalue weighted by Crippen LogP contribution is 2.36. The number of nitrogens with zero attached hydrogens (tertiary/aromatic N) is 1. The number of hydrogen-bond acceptors (Lipinski definition) is 5. The highest BCUT2D eigenvalue weighted by Gasteiger charge is 2.46. The topological polar surface area (TPSA) is 66.5 Å². The number of thiocarbonyl (C=S) groups is 1. The van der Waals surface area contributed by atoms with Crippen molar-refractivity contribution in [1.82, 2.24) is 0 Å². The van der Waals surface area contributed by atoms with Gasteiger partial charge in [-0.1, -0.05) is 29.9 Å². The lowest BCUT2D eigenvalue weighted by Gasteiger charge is -2.30. The SMILES string of the molecule is Cc1ccc(NC(=S)[C@@H]2C(=O)c3sccc3N(C)S2(=O)=O)cc1. The molecule has 0 unspecified atom stereocenters. The lowest BCUT2D eigenvalue weighted by Crippen LogP contribution is -2.50. The van der Waals surface area contributed by atoms with Gasteiger partial charge in [-0.2, -0.15) is 0 Å². The van der Waals surface area contributed by atoms with Crippen LogP contribution in [0.25, 0.3) is 0 Å². The molecule has 2 aromatic rings. The average molecular weight is 366 g/mol. The van der Waals surface area contributed by atoms with Crippen LogP contribution in [0.3, 0.4) is 0 Å². The number of carbonyl (C=O) groups is 1. The zero-order valence-electron chi connectivity index (χ0n) is 12.4. The van der Waals surface area contributed by atoms with E-state index in [2.05, 4.69) is 5.32 Å². The number of sulfonamides is 1. The summed E-state index contributed by atoms with van der Waals surface area (Å²) in [6, 6.07) is 8.98. The second-order valence-corrected chi connectivity index (χ2v) is 8.65. The largest absolute Gasteiger partial charge is 0.348 e. The van der Waals surface area contributed by atoms with E-state index in [-0.39, 0.29) is 4.99 Å². The number of aryl methyl sites for hydroxylation is 1. The molecule has 0 saturated carbocycles. The molecule has 1 N–H and O–H groups in total. The molecule has 3 rings (SSSR count). The maximum absolute atomic E-state index is 12.7. The van der Waals surface area contributed by atoms with Crippen LogP contribution in [0.5, 0.6) is 0 Å². The number of thiophene rings is 1. The molecule has 1 aliphatic rings. The lowest BCUT2D eigenvalue weighted by atomic mass is 10.2. The van der Waals surface area contributed by atoms with Gasteiger partial charge in [0.1, 0.15) is 4.99 Å². The summed E-state index contributed by atoms with van der Waals surface area (Å²) < 4.78 is 26.4. The Labute approximate surface area is 144 Å². The molecule has 0 amide bonds. The molecule has 0 bridgehead atoms. The molecule has 0 fully saturated rings. The zero-order valence-corrected chi connectivity index (χ0v) is 14.9. The van der Waals surface area contributed by atoms with E-state index < -0.39 is 21.1 Å². The van der Waals surface area contributed by atoms with Gasteiger partial charge in [0.2, 0.25) is 5.78 Å². The molecule has 1 aromatic carbocycles. The van der Waals surface area contributed by atoms with Gasteiger partial charge in [-0.15, -0.1) is 11.3 Å². The molecule has 2 heterocycles. The summed E-state index contributed by atoms with van der Waals surface area (Å²) in [5, 5.41) is 3.19. The fraction of sp³-hybridized carbons (Fsp3) is 0.200. The van der Waals surface area contributed by atoms with Gasteiger partial charge in [0.05, 0.1) is 10.6 Å². The first-order chi connectivity index (χ1) is 10.8. The van der Waals surface area contributed by atoms with E-state index in [9.17, 15) is 13.2 Å². The van der Waals surface area contributed by atoms with Gasteiger partial charge in [-0.3, -0.25) is 9.10 Å². The van der Waals surface area contributed by atoms with Gasteiger partial charge in [0.25, 0.3) is 10.0 Å². The van der Waals surface area contributed by atoms with Crippen LogP contribution in [0.15, 0.2) is 35.7 Å². The number of rotatable bonds is 2. The highest BCUT2D eigenvalue weighted by atomic mass is 32.2. The summed E-state index contributed by atoms with van der Waals surface area (Å²) in [4.78, 5) is 13.0. The fourth-order valence-corrected chi connectivity index (χ4v) is 5.46. The summed E-state index contributed by atoms with van der Waals surface area (Å²) in [7, 11) is -2.44. The van der Waals surface area contributed by atoms with Crippen LogP contribution in [0.4, 0.5) is 11.4 Å². The molecule has 0 saturated heterocycles. The highest BCUT2D eigenvalue weighted by molar-refractivity contribution is 7.97. The van der Waals surface area contributed by atoms with Crippen molar-refractivity contribution in [2.45, 2.75) is 12.2 Å². The smallest absolute Gasteiger partial charge is 0.252 e. The minimum atomic E-state index is -3.88. The first-order valence-electron chi connectivity index (χ1n) is 6.79. The van der Waals surface area contributed by atoms with Crippen LogP contribution in [0.1, 0.15) is 15.2 Å². The molecule has 0 radical (unpaired) electrons. The Balaban J connectivity index is 1.96. The lowest BCUT2D eigenvalue weighted by molar-refractivity contribution is 0.101. The Morgan fingerprint density at radius 3 is 2.57 bits per heavy atom. The molecule has 120 valence electrons. The fourth-order valence-electron chi connectivity index (χ4n) is 2.38.